The van der Waals surface area contributed by atoms with Crippen molar-refractivity contribution < 1.29 is 0 Å². The van der Waals surface area contributed by atoms with E-state index < -0.39 is 0 Å². The Bertz CT molecular complexity index is 294. The number of nitrogens with one attached hydrogen (secondary N) is 1. The first kappa shape index (κ1) is 10.2. The lowest BCUT2D eigenvalue weighted by molar-refractivity contribution is 0.611. The first-order chi connectivity index (χ1) is 6.15. The fourth-order valence-corrected chi connectivity index (χ4v) is 1.15. The standard InChI is InChI=1S/C9H12ClN3/c1-6(2)9(13-11)8-4-3-7(10)5-12-8/h3-5,9,13H,1,11H2,2H3. The molecule has 0 fully saturated rings. The second kappa shape index (κ2) is 4.37. The van der Waals surface area contributed by atoms with Gasteiger partial charge in [-0.3, -0.25) is 10.8 Å². The molecule has 3 N–H and O–H groups in total. The van der Waals surface area contributed by atoms with E-state index in [1.807, 2.05) is 13.0 Å². The molecule has 0 saturated heterocycles. The molecule has 1 atom stereocenters. The zero-order valence-electron chi connectivity index (χ0n) is 7.42. The molecule has 0 aliphatic rings. The SMILES string of the molecule is C=C(C)C(NN)c1ccc(Cl)cn1. The molecule has 1 unspecified atom stereocenters. The zero-order chi connectivity index (χ0) is 9.84. The summed E-state index contributed by atoms with van der Waals surface area (Å²) in [4.78, 5) is 4.14. The molecular weight excluding hydrogens is 186 g/mol. The van der Waals surface area contributed by atoms with Crippen LogP contribution in [0.25, 0.3) is 0 Å². The summed E-state index contributed by atoms with van der Waals surface area (Å²) in [6, 6.07) is 3.48. The summed E-state index contributed by atoms with van der Waals surface area (Å²) in [6.07, 6.45) is 1.59. The van der Waals surface area contributed by atoms with Gasteiger partial charge in [0.15, 0.2) is 0 Å². The molecular formula is C9H12ClN3. The van der Waals surface area contributed by atoms with Crippen LogP contribution in [0.5, 0.6) is 0 Å². The molecule has 1 aromatic heterocycles. The van der Waals surface area contributed by atoms with E-state index in [2.05, 4.69) is 17.0 Å². The molecule has 0 spiro atoms. The van der Waals surface area contributed by atoms with E-state index in [9.17, 15) is 0 Å². The van der Waals surface area contributed by atoms with Crippen molar-refractivity contribution in [2.75, 3.05) is 0 Å². The minimum atomic E-state index is -0.114. The van der Waals surface area contributed by atoms with Crippen LogP contribution in [0.2, 0.25) is 5.02 Å². The molecule has 0 aliphatic heterocycles. The maximum atomic E-state index is 5.70. The van der Waals surface area contributed by atoms with Gasteiger partial charge in [-0.25, -0.2) is 5.43 Å². The number of pyridine rings is 1. The van der Waals surface area contributed by atoms with Crippen LogP contribution in [0.3, 0.4) is 0 Å². The summed E-state index contributed by atoms with van der Waals surface area (Å²) in [5, 5.41) is 0.612. The molecule has 1 heterocycles. The summed E-state index contributed by atoms with van der Waals surface area (Å²) < 4.78 is 0. The normalized spacial score (nSPS) is 12.5. The summed E-state index contributed by atoms with van der Waals surface area (Å²) in [5.41, 5.74) is 4.37. The number of hydrogen-bond acceptors (Lipinski definition) is 3. The number of nitrogens with two attached hydrogens (primary N) is 1. The third-order valence-corrected chi connectivity index (χ3v) is 1.93. The summed E-state index contributed by atoms with van der Waals surface area (Å²) in [7, 11) is 0. The van der Waals surface area contributed by atoms with Gasteiger partial charge in [-0.05, 0) is 19.1 Å². The Labute approximate surface area is 82.6 Å². The van der Waals surface area contributed by atoms with Crippen molar-refractivity contribution >= 4 is 11.6 Å². The van der Waals surface area contributed by atoms with Gasteiger partial charge < -0.3 is 0 Å². The van der Waals surface area contributed by atoms with Gasteiger partial charge in [-0.15, -0.1) is 0 Å². The molecule has 0 aliphatic carbocycles. The van der Waals surface area contributed by atoms with Crippen LogP contribution in [0.15, 0.2) is 30.5 Å². The van der Waals surface area contributed by atoms with Crippen molar-refractivity contribution in [2.24, 2.45) is 5.84 Å². The highest BCUT2D eigenvalue weighted by Gasteiger charge is 2.10. The molecule has 3 nitrogen and oxygen atoms in total. The maximum Gasteiger partial charge on any atom is 0.0836 e. The Morgan fingerprint density at radius 3 is 2.77 bits per heavy atom. The summed E-state index contributed by atoms with van der Waals surface area (Å²) in [6.45, 7) is 5.70. The monoisotopic (exact) mass is 197 g/mol. The lowest BCUT2D eigenvalue weighted by Gasteiger charge is -2.14. The van der Waals surface area contributed by atoms with Crippen LogP contribution in [-0.2, 0) is 0 Å². The molecule has 70 valence electrons. The maximum absolute atomic E-state index is 5.70. The molecule has 0 radical (unpaired) electrons. The van der Waals surface area contributed by atoms with Crippen LogP contribution >= 0.6 is 11.6 Å². The third kappa shape index (κ3) is 2.52. The molecule has 4 heteroatoms. The Morgan fingerprint density at radius 1 is 1.69 bits per heavy atom. The van der Waals surface area contributed by atoms with Crippen molar-refractivity contribution in [3.63, 3.8) is 0 Å². The average Bonchev–Trinajstić information content (AvgIpc) is 2.09. The van der Waals surface area contributed by atoms with E-state index in [4.69, 9.17) is 17.4 Å². The number of halogens is 1. The number of hydrazine groups is 1. The first-order valence-corrected chi connectivity index (χ1v) is 4.26. The Kier molecular flexibility index (Phi) is 3.42. The van der Waals surface area contributed by atoms with E-state index in [0.29, 0.717) is 5.02 Å². The van der Waals surface area contributed by atoms with Crippen molar-refractivity contribution in [3.05, 3.63) is 41.2 Å². The quantitative estimate of drug-likeness (QED) is 0.442. The highest BCUT2D eigenvalue weighted by atomic mass is 35.5. The van der Waals surface area contributed by atoms with Gasteiger partial charge in [-0.2, -0.15) is 0 Å². The van der Waals surface area contributed by atoms with Crippen LogP contribution in [0.4, 0.5) is 0 Å². The number of nitrogens with zero attached hydrogens (tertiary/aromatic N) is 1. The van der Waals surface area contributed by atoms with E-state index in [-0.39, 0.29) is 6.04 Å². The minimum Gasteiger partial charge on any atom is -0.271 e. The van der Waals surface area contributed by atoms with Crippen LogP contribution < -0.4 is 11.3 Å². The minimum absolute atomic E-state index is 0.114. The molecule has 13 heavy (non-hydrogen) atoms. The second-order valence-corrected chi connectivity index (χ2v) is 3.28. The smallest absolute Gasteiger partial charge is 0.0836 e. The predicted molar refractivity (Wildman–Crippen MR) is 54.1 cm³/mol. The van der Waals surface area contributed by atoms with E-state index in [0.717, 1.165) is 11.3 Å². The summed E-state index contributed by atoms with van der Waals surface area (Å²) >= 11 is 5.70. The first-order valence-electron chi connectivity index (χ1n) is 3.88. The van der Waals surface area contributed by atoms with E-state index >= 15 is 0 Å². The number of hydrogen-bond donors (Lipinski definition) is 2. The highest BCUT2D eigenvalue weighted by molar-refractivity contribution is 6.30. The van der Waals surface area contributed by atoms with Gasteiger partial charge in [0.05, 0.1) is 16.8 Å². The lowest BCUT2D eigenvalue weighted by atomic mass is 10.1. The van der Waals surface area contributed by atoms with Crippen molar-refractivity contribution in [2.45, 2.75) is 13.0 Å². The topological polar surface area (TPSA) is 50.9 Å². The zero-order valence-corrected chi connectivity index (χ0v) is 8.17. The van der Waals surface area contributed by atoms with Crippen LogP contribution in [0, 0.1) is 0 Å². The second-order valence-electron chi connectivity index (χ2n) is 2.85. The van der Waals surface area contributed by atoms with E-state index in [1.165, 1.54) is 0 Å². The van der Waals surface area contributed by atoms with Gasteiger partial charge in [0, 0.05) is 6.20 Å². The van der Waals surface area contributed by atoms with Gasteiger partial charge >= 0.3 is 0 Å². The molecule has 0 saturated carbocycles. The lowest BCUT2D eigenvalue weighted by Crippen LogP contribution is -2.29. The Balaban J connectivity index is 2.92. The average molecular weight is 198 g/mol. The van der Waals surface area contributed by atoms with Gasteiger partial charge in [0.1, 0.15) is 0 Å². The molecule has 1 rings (SSSR count). The third-order valence-electron chi connectivity index (χ3n) is 1.71. The highest BCUT2D eigenvalue weighted by Crippen LogP contribution is 2.17. The predicted octanol–water partition coefficient (Wildman–Crippen LogP) is 1.82. The van der Waals surface area contributed by atoms with Gasteiger partial charge in [0.25, 0.3) is 0 Å². The Morgan fingerprint density at radius 2 is 2.38 bits per heavy atom. The number of rotatable bonds is 3. The van der Waals surface area contributed by atoms with E-state index in [1.54, 1.807) is 12.3 Å². The molecule has 0 bridgehead atoms. The fraction of sp³-hybridized carbons (Fsp3) is 0.222. The van der Waals surface area contributed by atoms with Gasteiger partial charge in [0.2, 0.25) is 0 Å². The van der Waals surface area contributed by atoms with Crippen molar-refractivity contribution in [1.82, 2.24) is 10.4 Å². The fourth-order valence-electron chi connectivity index (χ4n) is 1.04. The molecule has 0 aromatic carbocycles. The summed E-state index contributed by atoms with van der Waals surface area (Å²) in [5.74, 6) is 5.36. The number of aromatic nitrogens is 1. The largest absolute Gasteiger partial charge is 0.271 e. The van der Waals surface area contributed by atoms with Crippen molar-refractivity contribution in [3.8, 4) is 0 Å². The van der Waals surface area contributed by atoms with Crippen molar-refractivity contribution in [1.29, 1.82) is 0 Å². The van der Waals surface area contributed by atoms with Crippen LogP contribution in [0.1, 0.15) is 18.7 Å². The Hall–Kier alpha value is -0.900. The molecule has 1 aromatic rings. The van der Waals surface area contributed by atoms with Gasteiger partial charge in [-0.1, -0.05) is 23.8 Å². The molecule has 0 amide bonds. The van der Waals surface area contributed by atoms with Crippen LogP contribution in [-0.4, -0.2) is 4.98 Å².